The summed E-state index contributed by atoms with van der Waals surface area (Å²) in [5.74, 6) is 0. The third-order valence-electron chi connectivity index (χ3n) is 6.05. The van der Waals surface area contributed by atoms with Gasteiger partial charge in [0.1, 0.15) is 0 Å². The fourth-order valence-corrected chi connectivity index (χ4v) is 4.47. The molecule has 0 bridgehead atoms. The maximum atomic E-state index is 5.48. The minimum absolute atomic E-state index is 0.431. The SMILES string of the molecule is c1cncc(-c2ccc3c(c2)CCC3NCc2cccc(N3CCOCC3)c2)c1. The second kappa shape index (κ2) is 8.36. The molecule has 1 fully saturated rings. The molecule has 0 saturated carbocycles. The van der Waals surface area contributed by atoms with E-state index in [4.69, 9.17) is 4.74 Å². The Morgan fingerprint density at radius 1 is 1.00 bits per heavy atom. The van der Waals surface area contributed by atoms with Crippen LogP contribution in [0.15, 0.2) is 67.0 Å². The summed E-state index contributed by atoms with van der Waals surface area (Å²) in [6.45, 7) is 4.50. The van der Waals surface area contributed by atoms with E-state index in [1.807, 2.05) is 18.5 Å². The number of nitrogens with one attached hydrogen (secondary N) is 1. The Labute approximate surface area is 172 Å². The van der Waals surface area contributed by atoms with E-state index in [9.17, 15) is 0 Å². The summed E-state index contributed by atoms with van der Waals surface area (Å²) in [5.41, 5.74) is 8.00. The van der Waals surface area contributed by atoms with Crippen molar-refractivity contribution in [3.63, 3.8) is 0 Å². The van der Waals surface area contributed by atoms with Crippen molar-refractivity contribution in [2.24, 2.45) is 0 Å². The molecule has 5 rings (SSSR count). The van der Waals surface area contributed by atoms with Gasteiger partial charge in [-0.3, -0.25) is 4.98 Å². The Morgan fingerprint density at radius 2 is 1.93 bits per heavy atom. The lowest BCUT2D eigenvalue weighted by Crippen LogP contribution is -2.36. The highest BCUT2D eigenvalue weighted by Gasteiger charge is 2.22. The first kappa shape index (κ1) is 18.3. The number of rotatable bonds is 5. The third-order valence-corrected chi connectivity index (χ3v) is 6.05. The molecular weight excluding hydrogens is 358 g/mol. The van der Waals surface area contributed by atoms with E-state index in [1.165, 1.54) is 33.5 Å². The summed E-state index contributed by atoms with van der Waals surface area (Å²) in [6.07, 6.45) is 6.06. The molecule has 1 saturated heterocycles. The van der Waals surface area contributed by atoms with Crippen LogP contribution in [0.2, 0.25) is 0 Å². The average Bonchev–Trinajstić information content (AvgIpc) is 3.21. The number of nitrogens with zero attached hydrogens (tertiary/aromatic N) is 2. The molecule has 148 valence electrons. The first-order valence-corrected chi connectivity index (χ1v) is 10.5. The minimum Gasteiger partial charge on any atom is -0.378 e. The van der Waals surface area contributed by atoms with Gasteiger partial charge in [-0.05, 0) is 58.9 Å². The van der Waals surface area contributed by atoms with Gasteiger partial charge in [-0.15, -0.1) is 0 Å². The number of fused-ring (bicyclic) bond motifs is 1. The smallest absolute Gasteiger partial charge is 0.0642 e. The molecule has 1 unspecified atom stereocenters. The number of ether oxygens (including phenoxy) is 1. The van der Waals surface area contributed by atoms with Gasteiger partial charge in [0, 0.05) is 43.8 Å². The van der Waals surface area contributed by atoms with E-state index in [0.717, 1.165) is 45.7 Å². The van der Waals surface area contributed by atoms with E-state index in [-0.39, 0.29) is 0 Å². The molecule has 1 aliphatic heterocycles. The molecule has 2 aliphatic rings. The average molecular weight is 386 g/mol. The molecule has 1 N–H and O–H groups in total. The second-order valence-corrected chi connectivity index (χ2v) is 7.90. The number of hydrogen-bond donors (Lipinski definition) is 1. The molecule has 0 spiro atoms. The van der Waals surface area contributed by atoms with Gasteiger partial charge in [-0.25, -0.2) is 0 Å². The number of morpholine rings is 1. The summed E-state index contributed by atoms with van der Waals surface area (Å²) >= 11 is 0. The van der Waals surface area contributed by atoms with Crippen molar-refractivity contribution in [3.8, 4) is 11.1 Å². The molecule has 1 atom stereocenters. The van der Waals surface area contributed by atoms with Gasteiger partial charge in [-0.2, -0.15) is 0 Å². The van der Waals surface area contributed by atoms with Crippen molar-refractivity contribution in [3.05, 3.63) is 83.7 Å². The molecule has 3 aromatic rings. The van der Waals surface area contributed by atoms with Crippen molar-refractivity contribution >= 4 is 5.69 Å². The molecule has 2 aromatic carbocycles. The predicted molar refractivity (Wildman–Crippen MR) is 117 cm³/mol. The predicted octanol–water partition coefficient (Wildman–Crippen LogP) is 4.36. The molecule has 4 nitrogen and oxygen atoms in total. The zero-order chi connectivity index (χ0) is 19.5. The summed E-state index contributed by atoms with van der Waals surface area (Å²) < 4.78 is 5.48. The van der Waals surface area contributed by atoms with Crippen LogP contribution < -0.4 is 10.2 Å². The topological polar surface area (TPSA) is 37.4 Å². The number of pyridine rings is 1. The number of benzene rings is 2. The van der Waals surface area contributed by atoms with Gasteiger partial charge in [0.2, 0.25) is 0 Å². The van der Waals surface area contributed by atoms with Crippen molar-refractivity contribution in [1.29, 1.82) is 0 Å². The molecule has 2 heterocycles. The van der Waals surface area contributed by atoms with Crippen LogP contribution in [0.5, 0.6) is 0 Å². The zero-order valence-corrected chi connectivity index (χ0v) is 16.7. The van der Waals surface area contributed by atoms with Crippen LogP contribution in [0.3, 0.4) is 0 Å². The molecule has 4 heteroatoms. The van der Waals surface area contributed by atoms with Crippen LogP contribution in [-0.2, 0) is 17.7 Å². The minimum atomic E-state index is 0.431. The van der Waals surface area contributed by atoms with Crippen molar-refractivity contribution < 1.29 is 4.74 Å². The van der Waals surface area contributed by atoms with Gasteiger partial charge < -0.3 is 15.0 Å². The number of aromatic nitrogens is 1. The van der Waals surface area contributed by atoms with Crippen molar-refractivity contribution in [1.82, 2.24) is 10.3 Å². The molecular formula is C25H27N3O. The van der Waals surface area contributed by atoms with E-state index >= 15 is 0 Å². The maximum absolute atomic E-state index is 5.48. The summed E-state index contributed by atoms with van der Waals surface area (Å²) in [4.78, 5) is 6.67. The van der Waals surface area contributed by atoms with Gasteiger partial charge >= 0.3 is 0 Å². The fourth-order valence-electron chi connectivity index (χ4n) is 4.47. The Balaban J connectivity index is 1.26. The lowest BCUT2D eigenvalue weighted by atomic mass is 10.0. The highest BCUT2D eigenvalue weighted by atomic mass is 16.5. The molecule has 1 aliphatic carbocycles. The zero-order valence-electron chi connectivity index (χ0n) is 16.7. The van der Waals surface area contributed by atoms with Crippen LogP contribution in [0.25, 0.3) is 11.1 Å². The van der Waals surface area contributed by atoms with Gasteiger partial charge in [0.05, 0.1) is 13.2 Å². The van der Waals surface area contributed by atoms with Crippen LogP contribution in [-0.4, -0.2) is 31.3 Å². The number of anilines is 1. The Morgan fingerprint density at radius 3 is 2.79 bits per heavy atom. The highest BCUT2D eigenvalue weighted by molar-refractivity contribution is 5.64. The largest absolute Gasteiger partial charge is 0.378 e. The standard InChI is InChI=1S/C25H27N3O/c1-3-19(15-23(5-1)28-11-13-29-14-12-28)17-27-25-9-7-21-16-20(6-8-24(21)25)22-4-2-10-26-18-22/h1-6,8,10,15-16,18,25,27H,7,9,11-14,17H2. The van der Waals surface area contributed by atoms with Gasteiger partial charge in [-0.1, -0.05) is 36.4 Å². The van der Waals surface area contributed by atoms with Crippen molar-refractivity contribution in [2.75, 3.05) is 31.2 Å². The van der Waals surface area contributed by atoms with E-state index in [2.05, 4.69) is 63.7 Å². The Bertz CT molecular complexity index is 967. The van der Waals surface area contributed by atoms with Crippen LogP contribution in [0.4, 0.5) is 5.69 Å². The maximum Gasteiger partial charge on any atom is 0.0642 e. The first-order valence-electron chi connectivity index (χ1n) is 10.5. The molecule has 29 heavy (non-hydrogen) atoms. The number of aryl methyl sites for hydroxylation is 1. The summed E-state index contributed by atoms with van der Waals surface area (Å²) in [5, 5.41) is 3.79. The lowest BCUT2D eigenvalue weighted by molar-refractivity contribution is 0.122. The molecule has 1 aromatic heterocycles. The monoisotopic (exact) mass is 385 g/mol. The quantitative estimate of drug-likeness (QED) is 0.708. The Kier molecular flexibility index (Phi) is 5.29. The number of hydrogen-bond acceptors (Lipinski definition) is 4. The van der Waals surface area contributed by atoms with Crippen LogP contribution in [0, 0.1) is 0 Å². The van der Waals surface area contributed by atoms with E-state index in [0.29, 0.717) is 6.04 Å². The molecule has 0 radical (unpaired) electrons. The van der Waals surface area contributed by atoms with Gasteiger partial charge in [0.15, 0.2) is 0 Å². The molecule has 0 amide bonds. The summed E-state index contributed by atoms with van der Waals surface area (Å²) in [7, 11) is 0. The Hall–Kier alpha value is -2.69. The first-order chi connectivity index (χ1) is 14.4. The van der Waals surface area contributed by atoms with Crippen molar-refractivity contribution in [2.45, 2.75) is 25.4 Å². The normalized spacial score (nSPS) is 18.6. The van der Waals surface area contributed by atoms with Gasteiger partial charge in [0.25, 0.3) is 0 Å². The summed E-state index contributed by atoms with van der Waals surface area (Å²) in [6, 6.07) is 20.3. The highest BCUT2D eigenvalue weighted by Crippen LogP contribution is 2.34. The fraction of sp³-hybridized carbons (Fsp3) is 0.320. The van der Waals surface area contributed by atoms with E-state index < -0.39 is 0 Å². The second-order valence-electron chi connectivity index (χ2n) is 7.90. The van der Waals surface area contributed by atoms with Crippen LogP contribution in [0.1, 0.15) is 29.2 Å². The van der Waals surface area contributed by atoms with Crippen LogP contribution >= 0.6 is 0 Å². The lowest BCUT2D eigenvalue weighted by Gasteiger charge is -2.29. The van der Waals surface area contributed by atoms with E-state index in [1.54, 1.807) is 0 Å². The third kappa shape index (κ3) is 4.04.